The average Bonchev–Trinajstić information content (AvgIpc) is 3.47. The van der Waals surface area contributed by atoms with Gasteiger partial charge in [-0.1, -0.05) is 17.3 Å². The molecule has 158 valence electrons. The summed E-state index contributed by atoms with van der Waals surface area (Å²) in [6.07, 6.45) is 1.55. The van der Waals surface area contributed by atoms with E-state index in [1.807, 2.05) is 24.3 Å². The van der Waals surface area contributed by atoms with Crippen molar-refractivity contribution in [2.45, 2.75) is 6.04 Å². The van der Waals surface area contributed by atoms with Crippen LogP contribution < -0.4 is 10.1 Å². The van der Waals surface area contributed by atoms with E-state index in [-0.39, 0.29) is 17.6 Å². The zero-order valence-corrected chi connectivity index (χ0v) is 17.2. The van der Waals surface area contributed by atoms with Gasteiger partial charge in [0.15, 0.2) is 11.5 Å². The number of nitrogens with zero attached hydrogens (tertiary/aromatic N) is 3. The van der Waals surface area contributed by atoms with Crippen molar-refractivity contribution in [1.82, 2.24) is 20.3 Å². The SMILES string of the molecule is COc1ccc([C@H](CN2CCN(C)CC2)NC(=O)c2cc(-c3ccco3)on2)cc1. The first-order valence-electron chi connectivity index (χ1n) is 9.98. The third kappa shape index (κ3) is 4.72. The fourth-order valence-corrected chi connectivity index (χ4v) is 3.51. The number of aromatic nitrogens is 1. The molecule has 4 rings (SSSR count). The maximum atomic E-state index is 12.9. The largest absolute Gasteiger partial charge is 0.497 e. The topological polar surface area (TPSA) is 84.0 Å². The van der Waals surface area contributed by atoms with E-state index in [4.69, 9.17) is 13.7 Å². The lowest BCUT2D eigenvalue weighted by Crippen LogP contribution is -2.47. The highest BCUT2D eigenvalue weighted by Crippen LogP contribution is 2.23. The van der Waals surface area contributed by atoms with Gasteiger partial charge in [-0.3, -0.25) is 9.69 Å². The van der Waals surface area contributed by atoms with Crippen molar-refractivity contribution in [1.29, 1.82) is 0 Å². The summed E-state index contributed by atoms with van der Waals surface area (Å²) in [5, 5.41) is 7.03. The Kier molecular flexibility index (Phi) is 6.15. The molecule has 1 amide bonds. The maximum absolute atomic E-state index is 12.9. The molecule has 1 aliphatic rings. The number of rotatable bonds is 7. The van der Waals surface area contributed by atoms with Gasteiger partial charge in [0.25, 0.3) is 5.91 Å². The number of hydrogen-bond donors (Lipinski definition) is 1. The van der Waals surface area contributed by atoms with Gasteiger partial charge in [0, 0.05) is 38.8 Å². The number of hydrogen-bond acceptors (Lipinski definition) is 7. The molecule has 3 aromatic rings. The second-order valence-corrected chi connectivity index (χ2v) is 7.46. The molecule has 1 aromatic carbocycles. The summed E-state index contributed by atoms with van der Waals surface area (Å²) in [6.45, 7) is 4.67. The summed E-state index contributed by atoms with van der Waals surface area (Å²) in [6, 6.07) is 12.7. The number of nitrogens with one attached hydrogen (secondary N) is 1. The number of ether oxygens (including phenoxy) is 1. The van der Waals surface area contributed by atoms with Crippen LogP contribution in [0, 0.1) is 0 Å². The number of carbonyl (C=O) groups excluding carboxylic acids is 1. The minimum absolute atomic E-state index is 0.185. The average molecular weight is 410 g/mol. The smallest absolute Gasteiger partial charge is 0.274 e. The van der Waals surface area contributed by atoms with Gasteiger partial charge in [-0.2, -0.15) is 0 Å². The first-order valence-corrected chi connectivity index (χ1v) is 9.98. The van der Waals surface area contributed by atoms with Gasteiger partial charge in [-0.15, -0.1) is 0 Å². The van der Waals surface area contributed by atoms with Crippen molar-refractivity contribution < 1.29 is 18.5 Å². The molecular formula is C22H26N4O4. The third-order valence-corrected chi connectivity index (χ3v) is 5.37. The van der Waals surface area contributed by atoms with E-state index in [9.17, 15) is 4.79 Å². The highest BCUT2D eigenvalue weighted by Gasteiger charge is 2.23. The van der Waals surface area contributed by atoms with Crippen LogP contribution in [-0.2, 0) is 0 Å². The fraction of sp³-hybridized carbons (Fsp3) is 0.364. The highest BCUT2D eigenvalue weighted by molar-refractivity contribution is 5.93. The standard InChI is InChI=1S/C22H26N4O4/c1-25-9-11-26(12-10-25)15-19(16-5-7-17(28-2)8-6-16)23-22(27)18-14-21(30-24-18)20-4-3-13-29-20/h3-8,13-14,19H,9-12,15H2,1-2H3,(H,23,27)/t19-/m0/s1. The number of carbonyl (C=O) groups is 1. The van der Waals surface area contributed by atoms with Crippen LogP contribution in [0.2, 0.25) is 0 Å². The Morgan fingerprint density at radius 3 is 2.60 bits per heavy atom. The van der Waals surface area contributed by atoms with Crippen molar-refractivity contribution in [2.75, 3.05) is 46.9 Å². The maximum Gasteiger partial charge on any atom is 0.274 e. The zero-order valence-electron chi connectivity index (χ0n) is 17.2. The van der Waals surface area contributed by atoms with Gasteiger partial charge in [-0.05, 0) is 36.9 Å². The summed E-state index contributed by atoms with van der Waals surface area (Å²) < 4.78 is 15.8. The van der Waals surface area contributed by atoms with Crippen LogP contribution in [0.15, 0.2) is 57.7 Å². The summed E-state index contributed by atoms with van der Waals surface area (Å²) in [7, 11) is 3.76. The van der Waals surface area contributed by atoms with Crippen molar-refractivity contribution in [3.8, 4) is 17.3 Å². The Hall–Kier alpha value is -3.10. The number of benzene rings is 1. The molecule has 1 atom stereocenters. The first kappa shape index (κ1) is 20.2. The number of furan rings is 1. The van der Waals surface area contributed by atoms with Crippen LogP contribution in [0.25, 0.3) is 11.5 Å². The summed E-state index contributed by atoms with van der Waals surface area (Å²) in [4.78, 5) is 17.6. The molecule has 1 aliphatic heterocycles. The van der Waals surface area contributed by atoms with Crippen LogP contribution in [-0.4, -0.2) is 67.7 Å². The fourth-order valence-electron chi connectivity index (χ4n) is 3.51. The lowest BCUT2D eigenvalue weighted by Gasteiger charge is -2.35. The molecule has 30 heavy (non-hydrogen) atoms. The third-order valence-electron chi connectivity index (χ3n) is 5.37. The monoisotopic (exact) mass is 410 g/mol. The van der Waals surface area contributed by atoms with Gasteiger partial charge in [0.2, 0.25) is 5.76 Å². The molecule has 0 aliphatic carbocycles. The molecule has 0 spiro atoms. The van der Waals surface area contributed by atoms with Crippen LogP contribution in [0.1, 0.15) is 22.1 Å². The van der Waals surface area contributed by atoms with Crippen LogP contribution in [0.5, 0.6) is 5.75 Å². The second-order valence-electron chi connectivity index (χ2n) is 7.46. The Morgan fingerprint density at radius 2 is 1.93 bits per heavy atom. The molecule has 0 unspecified atom stereocenters. The normalized spacial score (nSPS) is 16.3. The molecule has 1 N–H and O–H groups in total. The lowest BCUT2D eigenvalue weighted by atomic mass is 10.1. The van der Waals surface area contributed by atoms with Gasteiger partial charge in [0.1, 0.15) is 5.75 Å². The molecule has 3 heterocycles. The van der Waals surface area contributed by atoms with Gasteiger partial charge in [0.05, 0.1) is 19.4 Å². The number of likely N-dealkylation sites (N-methyl/N-ethyl adjacent to an activating group) is 1. The lowest BCUT2D eigenvalue weighted by molar-refractivity contribution is 0.0898. The van der Waals surface area contributed by atoms with Gasteiger partial charge in [-0.25, -0.2) is 0 Å². The summed E-state index contributed by atoms with van der Waals surface area (Å²) in [5.74, 6) is 1.45. The molecule has 0 bridgehead atoms. The minimum atomic E-state index is -0.286. The summed E-state index contributed by atoms with van der Waals surface area (Å²) >= 11 is 0. The molecule has 8 nitrogen and oxygen atoms in total. The molecule has 8 heteroatoms. The molecule has 0 saturated carbocycles. The summed E-state index contributed by atoms with van der Waals surface area (Å²) in [5.41, 5.74) is 1.23. The molecule has 1 saturated heterocycles. The Labute approximate surface area is 175 Å². The van der Waals surface area contributed by atoms with Crippen molar-refractivity contribution in [3.05, 3.63) is 60.0 Å². The van der Waals surface area contributed by atoms with E-state index in [0.29, 0.717) is 11.5 Å². The van der Waals surface area contributed by atoms with Crippen LogP contribution >= 0.6 is 0 Å². The van der Waals surface area contributed by atoms with Crippen molar-refractivity contribution in [2.24, 2.45) is 0 Å². The van der Waals surface area contributed by atoms with Gasteiger partial charge < -0.3 is 23.9 Å². The molecule has 0 radical (unpaired) electrons. The Balaban J connectivity index is 1.50. The van der Waals surface area contributed by atoms with Crippen molar-refractivity contribution >= 4 is 5.91 Å². The van der Waals surface area contributed by atoms with Crippen LogP contribution in [0.3, 0.4) is 0 Å². The van der Waals surface area contributed by atoms with E-state index in [1.54, 1.807) is 31.6 Å². The molecule has 2 aromatic heterocycles. The zero-order chi connectivity index (χ0) is 20.9. The second kappa shape index (κ2) is 9.15. The van der Waals surface area contributed by atoms with E-state index in [0.717, 1.165) is 44.0 Å². The molecule has 1 fully saturated rings. The van der Waals surface area contributed by atoms with E-state index < -0.39 is 0 Å². The quantitative estimate of drug-likeness (QED) is 0.641. The first-order chi connectivity index (χ1) is 14.6. The van der Waals surface area contributed by atoms with E-state index in [2.05, 4.69) is 27.3 Å². The van der Waals surface area contributed by atoms with E-state index >= 15 is 0 Å². The molecular weight excluding hydrogens is 384 g/mol. The Bertz CT molecular complexity index is 944. The predicted octanol–water partition coefficient (Wildman–Crippen LogP) is 2.66. The van der Waals surface area contributed by atoms with Crippen LogP contribution in [0.4, 0.5) is 0 Å². The number of piperazine rings is 1. The predicted molar refractivity (Wildman–Crippen MR) is 111 cm³/mol. The number of methoxy groups -OCH3 is 1. The highest BCUT2D eigenvalue weighted by atomic mass is 16.5. The van der Waals surface area contributed by atoms with E-state index in [1.165, 1.54) is 0 Å². The van der Waals surface area contributed by atoms with Crippen molar-refractivity contribution in [3.63, 3.8) is 0 Å². The number of amides is 1. The Morgan fingerprint density at radius 1 is 1.17 bits per heavy atom. The minimum Gasteiger partial charge on any atom is -0.497 e. The van der Waals surface area contributed by atoms with Gasteiger partial charge >= 0.3 is 0 Å².